The van der Waals surface area contributed by atoms with Crippen LogP contribution >= 0.6 is 0 Å². The van der Waals surface area contributed by atoms with E-state index < -0.39 is 0 Å². The maximum Gasteiger partial charge on any atom is 0.225 e. The maximum absolute atomic E-state index is 11.5. The van der Waals surface area contributed by atoms with Crippen LogP contribution in [0.3, 0.4) is 0 Å². The largest absolute Gasteiger partial charge is 0.348 e. The molecule has 0 bridgehead atoms. The summed E-state index contributed by atoms with van der Waals surface area (Å²) in [4.78, 5) is 22.9. The minimum Gasteiger partial charge on any atom is -0.348 e. The first kappa shape index (κ1) is 10.6. The standard InChI is InChI=1S/C9H14N4O/c1-9(2,3)8(14)11-4-7-12-5-10-6-13-7/h5-6H,4H2,1-3H3,(H,11,14). The summed E-state index contributed by atoms with van der Waals surface area (Å²) in [5.41, 5.74) is -0.382. The van der Waals surface area contributed by atoms with E-state index in [9.17, 15) is 4.79 Å². The quantitative estimate of drug-likeness (QED) is 0.745. The van der Waals surface area contributed by atoms with Gasteiger partial charge in [0.25, 0.3) is 0 Å². The molecule has 1 rings (SSSR count). The molecular formula is C9H14N4O. The number of carbonyl (C=O) groups excluding carboxylic acids is 1. The molecule has 0 atom stereocenters. The van der Waals surface area contributed by atoms with Crippen LogP contribution in [0.4, 0.5) is 0 Å². The molecule has 0 aliphatic rings. The summed E-state index contributed by atoms with van der Waals surface area (Å²) in [6.07, 6.45) is 2.82. The first-order valence-electron chi connectivity index (χ1n) is 4.39. The highest BCUT2D eigenvalue weighted by molar-refractivity contribution is 5.81. The van der Waals surface area contributed by atoms with Crippen LogP contribution in [0.2, 0.25) is 0 Å². The molecule has 1 aromatic heterocycles. The first-order valence-corrected chi connectivity index (χ1v) is 4.39. The number of nitrogens with zero attached hydrogens (tertiary/aromatic N) is 3. The number of aromatic nitrogens is 3. The van der Waals surface area contributed by atoms with Crippen LogP contribution in [0.5, 0.6) is 0 Å². The van der Waals surface area contributed by atoms with Crippen LogP contribution in [-0.4, -0.2) is 20.9 Å². The van der Waals surface area contributed by atoms with Gasteiger partial charge in [0.1, 0.15) is 12.7 Å². The molecule has 5 heteroatoms. The van der Waals surface area contributed by atoms with Crippen LogP contribution in [-0.2, 0) is 11.3 Å². The Kier molecular flexibility index (Phi) is 3.11. The van der Waals surface area contributed by atoms with Crippen molar-refractivity contribution in [1.29, 1.82) is 0 Å². The average molecular weight is 194 g/mol. The molecule has 1 N–H and O–H groups in total. The van der Waals surface area contributed by atoms with E-state index in [0.29, 0.717) is 12.4 Å². The zero-order chi connectivity index (χ0) is 10.6. The monoisotopic (exact) mass is 194 g/mol. The van der Waals surface area contributed by atoms with Crippen LogP contribution in [0.15, 0.2) is 12.7 Å². The van der Waals surface area contributed by atoms with Crippen molar-refractivity contribution in [2.24, 2.45) is 5.41 Å². The predicted molar refractivity (Wildman–Crippen MR) is 51.1 cm³/mol. The van der Waals surface area contributed by atoms with E-state index in [2.05, 4.69) is 20.3 Å². The minimum absolute atomic E-state index is 0.0158. The molecule has 0 saturated heterocycles. The molecule has 0 aromatic carbocycles. The van der Waals surface area contributed by atoms with Gasteiger partial charge in [-0.3, -0.25) is 4.79 Å². The van der Waals surface area contributed by atoms with Gasteiger partial charge in [-0.2, -0.15) is 0 Å². The number of carbonyl (C=O) groups is 1. The van der Waals surface area contributed by atoms with Gasteiger partial charge in [0.05, 0.1) is 6.54 Å². The Morgan fingerprint density at radius 3 is 2.43 bits per heavy atom. The maximum atomic E-state index is 11.5. The van der Waals surface area contributed by atoms with E-state index >= 15 is 0 Å². The van der Waals surface area contributed by atoms with Crippen molar-refractivity contribution in [3.05, 3.63) is 18.5 Å². The Labute approximate surface area is 83.0 Å². The van der Waals surface area contributed by atoms with Crippen LogP contribution in [0.25, 0.3) is 0 Å². The molecule has 0 unspecified atom stereocenters. The van der Waals surface area contributed by atoms with Gasteiger partial charge in [0.15, 0.2) is 5.82 Å². The first-order chi connectivity index (χ1) is 6.50. The molecule has 0 fully saturated rings. The summed E-state index contributed by atoms with van der Waals surface area (Å²) < 4.78 is 0. The molecule has 14 heavy (non-hydrogen) atoms. The minimum atomic E-state index is -0.382. The molecule has 0 aliphatic heterocycles. The normalized spacial score (nSPS) is 11.1. The second-order valence-electron chi connectivity index (χ2n) is 3.99. The number of hydrogen-bond donors (Lipinski definition) is 1. The Morgan fingerprint density at radius 2 is 1.93 bits per heavy atom. The van der Waals surface area contributed by atoms with Gasteiger partial charge in [0, 0.05) is 5.41 Å². The van der Waals surface area contributed by atoms with E-state index in [1.807, 2.05) is 20.8 Å². The fourth-order valence-electron chi connectivity index (χ4n) is 0.779. The van der Waals surface area contributed by atoms with E-state index in [4.69, 9.17) is 0 Å². The van der Waals surface area contributed by atoms with Gasteiger partial charge in [0.2, 0.25) is 5.91 Å². The second kappa shape index (κ2) is 4.13. The molecule has 0 spiro atoms. The zero-order valence-corrected chi connectivity index (χ0v) is 8.61. The molecule has 1 amide bonds. The number of nitrogens with one attached hydrogen (secondary N) is 1. The Balaban J connectivity index is 2.46. The van der Waals surface area contributed by atoms with E-state index in [0.717, 1.165) is 0 Å². The van der Waals surface area contributed by atoms with Gasteiger partial charge < -0.3 is 5.32 Å². The smallest absolute Gasteiger partial charge is 0.225 e. The van der Waals surface area contributed by atoms with Gasteiger partial charge in [-0.15, -0.1) is 0 Å². The van der Waals surface area contributed by atoms with Crippen molar-refractivity contribution in [3.8, 4) is 0 Å². The van der Waals surface area contributed by atoms with E-state index in [-0.39, 0.29) is 11.3 Å². The third-order valence-electron chi connectivity index (χ3n) is 1.64. The van der Waals surface area contributed by atoms with Crippen molar-refractivity contribution >= 4 is 5.91 Å². The lowest BCUT2D eigenvalue weighted by Crippen LogP contribution is -2.34. The second-order valence-corrected chi connectivity index (χ2v) is 3.99. The van der Waals surface area contributed by atoms with Gasteiger partial charge in [-0.1, -0.05) is 20.8 Å². The lowest BCUT2D eigenvalue weighted by molar-refractivity contribution is -0.128. The molecule has 76 valence electrons. The van der Waals surface area contributed by atoms with Crippen molar-refractivity contribution < 1.29 is 4.79 Å². The average Bonchev–Trinajstić information content (AvgIpc) is 2.14. The van der Waals surface area contributed by atoms with Crippen molar-refractivity contribution in [2.75, 3.05) is 0 Å². The fraction of sp³-hybridized carbons (Fsp3) is 0.556. The van der Waals surface area contributed by atoms with Gasteiger partial charge in [-0.05, 0) is 0 Å². The summed E-state index contributed by atoms with van der Waals surface area (Å²) in [6.45, 7) is 5.92. The zero-order valence-electron chi connectivity index (χ0n) is 8.61. The lowest BCUT2D eigenvalue weighted by atomic mass is 9.96. The molecule has 0 saturated carbocycles. The third-order valence-corrected chi connectivity index (χ3v) is 1.64. The van der Waals surface area contributed by atoms with E-state index in [1.165, 1.54) is 12.7 Å². The van der Waals surface area contributed by atoms with E-state index in [1.54, 1.807) is 0 Å². The lowest BCUT2D eigenvalue weighted by Gasteiger charge is -2.16. The number of rotatable bonds is 2. The Morgan fingerprint density at radius 1 is 1.36 bits per heavy atom. The predicted octanol–water partition coefficient (Wildman–Crippen LogP) is 0.534. The summed E-state index contributed by atoms with van der Waals surface area (Å²) in [5.74, 6) is 0.551. The summed E-state index contributed by atoms with van der Waals surface area (Å²) in [6, 6.07) is 0. The SMILES string of the molecule is CC(C)(C)C(=O)NCc1ncncn1. The highest BCUT2D eigenvalue weighted by Crippen LogP contribution is 2.12. The topological polar surface area (TPSA) is 67.8 Å². The Hall–Kier alpha value is -1.52. The number of amides is 1. The van der Waals surface area contributed by atoms with Crippen LogP contribution in [0, 0.1) is 5.41 Å². The van der Waals surface area contributed by atoms with Crippen molar-refractivity contribution in [1.82, 2.24) is 20.3 Å². The third kappa shape index (κ3) is 3.08. The van der Waals surface area contributed by atoms with Crippen LogP contribution < -0.4 is 5.32 Å². The highest BCUT2D eigenvalue weighted by atomic mass is 16.2. The van der Waals surface area contributed by atoms with Crippen molar-refractivity contribution in [2.45, 2.75) is 27.3 Å². The van der Waals surface area contributed by atoms with Gasteiger partial charge in [-0.25, -0.2) is 15.0 Å². The van der Waals surface area contributed by atoms with Crippen molar-refractivity contribution in [3.63, 3.8) is 0 Å². The summed E-state index contributed by atoms with van der Waals surface area (Å²) in [5, 5.41) is 2.75. The molecule has 1 aromatic rings. The molecular weight excluding hydrogens is 180 g/mol. The summed E-state index contributed by atoms with van der Waals surface area (Å²) >= 11 is 0. The summed E-state index contributed by atoms with van der Waals surface area (Å²) in [7, 11) is 0. The molecule has 0 aliphatic carbocycles. The molecule has 1 heterocycles. The fourth-order valence-corrected chi connectivity index (χ4v) is 0.779. The molecule has 0 radical (unpaired) electrons. The number of hydrogen-bond acceptors (Lipinski definition) is 4. The highest BCUT2D eigenvalue weighted by Gasteiger charge is 2.20. The van der Waals surface area contributed by atoms with Crippen LogP contribution in [0.1, 0.15) is 26.6 Å². The van der Waals surface area contributed by atoms with Gasteiger partial charge >= 0.3 is 0 Å². The molecule has 5 nitrogen and oxygen atoms in total. The Bertz CT molecular complexity index is 304.